The van der Waals surface area contributed by atoms with Gasteiger partial charge in [-0.3, -0.25) is 0 Å². The summed E-state index contributed by atoms with van der Waals surface area (Å²) < 4.78 is 7.74. The van der Waals surface area contributed by atoms with Gasteiger partial charge in [-0.2, -0.15) is 0 Å². The third kappa shape index (κ3) is 7.40. The van der Waals surface area contributed by atoms with Crippen LogP contribution in [0.25, 0.3) is 29.2 Å². The van der Waals surface area contributed by atoms with Crippen molar-refractivity contribution in [3.63, 3.8) is 0 Å². The van der Waals surface area contributed by atoms with Crippen molar-refractivity contribution in [3.8, 4) is 0 Å². The smallest absolute Gasteiger partial charge is 0.297 e. The van der Waals surface area contributed by atoms with Crippen LogP contribution >= 0.6 is 0 Å². The summed E-state index contributed by atoms with van der Waals surface area (Å²) >= 11 is 0. The van der Waals surface area contributed by atoms with Crippen molar-refractivity contribution in [2.24, 2.45) is 0 Å². The highest BCUT2D eigenvalue weighted by Crippen LogP contribution is 2.54. The van der Waals surface area contributed by atoms with Gasteiger partial charge in [-0.15, -0.1) is 0 Å². The summed E-state index contributed by atoms with van der Waals surface area (Å²) in [7, 11) is 0. The zero-order valence-electron chi connectivity index (χ0n) is 47.2. The highest BCUT2D eigenvalue weighted by Gasteiger charge is 2.50. The minimum atomic E-state index is -0.129. The van der Waals surface area contributed by atoms with Gasteiger partial charge >= 0.3 is 0 Å². The molecule has 0 atom stereocenters. The molecular weight excluding hydrogens is 884 g/mol. The van der Waals surface area contributed by atoms with Crippen LogP contribution in [0.2, 0.25) is 0 Å². The summed E-state index contributed by atoms with van der Waals surface area (Å²) in [6.45, 7) is 41.6. The topological polar surface area (TPSA) is 19.6 Å². The summed E-state index contributed by atoms with van der Waals surface area (Å²) in [5.41, 5.74) is 24.3. The third-order valence-electron chi connectivity index (χ3n) is 19.7. The van der Waals surface area contributed by atoms with Crippen molar-refractivity contribution >= 4 is 80.9 Å². The Labute approximate surface area is 438 Å². The molecule has 4 aliphatic carbocycles. The van der Waals surface area contributed by atoms with Gasteiger partial charge in [0.1, 0.15) is 5.58 Å². The fraction of sp³-hybridized carbons (Fsp3) is 0.449. The molecule has 12 rings (SSSR count). The van der Waals surface area contributed by atoms with Crippen LogP contribution in [-0.2, 0) is 44.3 Å². The normalized spacial score (nSPS) is 21.4. The Kier molecular flexibility index (Phi) is 10.5. The summed E-state index contributed by atoms with van der Waals surface area (Å²) in [5, 5.41) is 3.70. The van der Waals surface area contributed by atoms with Crippen molar-refractivity contribution in [3.05, 3.63) is 146 Å². The summed E-state index contributed by atoms with van der Waals surface area (Å²) in [4.78, 5) is 5.39. The second-order valence-corrected chi connectivity index (χ2v) is 28.5. The van der Waals surface area contributed by atoms with Gasteiger partial charge in [-0.25, -0.2) is 0 Å². The molecule has 3 nitrogen and oxygen atoms in total. The van der Waals surface area contributed by atoms with E-state index in [0.29, 0.717) is 6.54 Å². The van der Waals surface area contributed by atoms with E-state index in [2.05, 4.69) is 211 Å². The lowest BCUT2D eigenvalue weighted by Gasteiger charge is -2.47. The number of anilines is 5. The van der Waals surface area contributed by atoms with E-state index in [4.69, 9.17) is 4.42 Å². The first-order valence-corrected chi connectivity index (χ1v) is 28.0. The standard InChI is InChI=1S/C69H81BN2O/c1-17-20-42-33-43-21-18-19-22-44(43)34-45(42)25-32-71-57-35-46(63(2,3)4)36-58-60(57)70(62-61(71)48-38-51-54(41-59(48)73-62)69(15,16)31-28-66(51,9)10)55-39-52-53(68(13,14)30-29-67(52,11)12)40-56(55)72(58)47-23-24-49-50(37-47)65(7,8)27-26-64(49,5)6/h17,19-20,22-25,33-41H,1,18,21,26-32H2,2-16H3/b42-20-,45-25-. The second kappa shape index (κ2) is 15.8. The van der Waals surface area contributed by atoms with Crippen LogP contribution < -0.4 is 36.8 Å². The minimum absolute atomic E-state index is 0.0259. The molecule has 0 N–H and O–H groups in total. The monoisotopic (exact) mass is 965 g/mol. The first kappa shape index (κ1) is 48.5. The molecule has 1 aromatic heterocycles. The Balaban J connectivity index is 1.21. The molecule has 376 valence electrons. The molecule has 0 saturated heterocycles. The Morgan fingerprint density at radius 2 is 1.19 bits per heavy atom. The van der Waals surface area contributed by atoms with Crippen LogP contribution in [0.15, 0.2) is 89.9 Å². The zero-order chi connectivity index (χ0) is 51.7. The van der Waals surface area contributed by atoms with Crippen LogP contribution in [0, 0.1) is 0 Å². The fourth-order valence-electron chi connectivity index (χ4n) is 14.5. The van der Waals surface area contributed by atoms with Crippen molar-refractivity contribution in [2.75, 3.05) is 16.3 Å². The SMILES string of the molecule is C=C/C=c1/cc2c(c/c1=C/CN1c3cc(C(C)(C)C)cc4c3B(c3cc5c(cc3N4c3ccc4c(c3)C(C)(C)CCC4(C)C)C(C)(C)CCC5(C)C)c3oc4cc5c(cc4c31)C(C)(C)CCC5(C)C)C=CCC2. The number of benzene rings is 5. The Bertz CT molecular complexity index is 3520. The summed E-state index contributed by atoms with van der Waals surface area (Å²) in [6, 6.07) is 27.9. The molecule has 2 aliphatic heterocycles. The van der Waals surface area contributed by atoms with Gasteiger partial charge in [0.05, 0.1) is 11.3 Å². The van der Waals surface area contributed by atoms with Crippen molar-refractivity contribution in [1.29, 1.82) is 0 Å². The molecular formula is C69H81BN2O. The first-order valence-electron chi connectivity index (χ1n) is 28.0. The fourth-order valence-corrected chi connectivity index (χ4v) is 14.5. The highest BCUT2D eigenvalue weighted by atomic mass is 16.3. The first-order chi connectivity index (χ1) is 34.2. The van der Waals surface area contributed by atoms with E-state index in [1.165, 1.54) is 118 Å². The maximum atomic E-state index is 7.74. The highest BCUT2D eigenvalue weighted by molar-refractivity contribution is 6.99. The summed E-state index contributed by atoms with van der Waals surface area (Å²) in [6.07, 6.45) is 20.5. The van der Waals surface area contributed by atoms with Crippen LogP contribution in [0.4, 0.5) is 28.4 Å². The molecule has 0 bridgehead atoms. The van der Waals surface area contributed by atoms with E-state index in [9.17, 15) is 0 Å². The van der Waals surface area contributed by atoms with Crippen molar-refractivity contribution < 1.29 is 4.42 Å². The largest absolute Gasteiger partial charge is 0.468 e. The average Bonchev–Trinajstić information content (AvgIpc) is 3.70. The van der Waals surface area contributed by atoms with Gasteiger partial charge in [-0.05, 0) is 209 Å². The maximum absolute atomic E-state index is 7.74. The number of aryl methyl sites for hydroxylation is 1. The van der Waals surface area contributed by atoms with Gasteiger partial charge in [0.2, 0.25) is 0 Å². The Morgan fingerprint density at radius 1 is 0.616 bits per heavy atom. The average molecular weight is 965 g/mol. The molecule has 0 unspecified atom stereocenters. The van der Waals surface area contributed by atoms with E-state index >= 15 is 0 Å². The Hall–Kier alpha value is -5.48. The van der Waals surface area contributed by atoms with Gasteiger partial charge in [0, 0.05) is 34.7 Å². The summed E-state index contributed by atoms with van der Waals surface area (Å²) in [5.74, 6) is 0. The minimum Gasteiger partial charge on any atom is -0.468 e. The van der Waals surface area contributed by atoms with Crippen molar-refractivity contribution in [1.82, 2.24) is 0 Å². The molecule has 0 spiro atoms. The Morgan fingerprint density at radius 3 is 1.82 bits per heavy atom. The van der Waals surface area contributed by atoms with Gasteiger partial charge < -0.3 is 14.2 Å². The van der Waals surface area contributed by atoms with Crippen LogP contribution in [0.1, 0.15) is 199 Å². The maximum Gasteiger partial charge on any atom is 0.297 e. The van der Waals surface area contributed by atoms with E-state index in [-0.39, 0.29) is 44.6 Å². The molecule has 3 heterocycles. The second-order valence-electron chi connectivity index (χ2n) is 28.5. The molecule has 5 aromatic carbocycles. The molecule has 0 amide bonds. The number of nitrogens with zero attached hydrogens (tertiary/aromatic N) is 2. The zero-order valence-corrected chi connectivity index (χ0v) is 47.2. The van der Waals surface area contributed by atoms with Gasteiger partial charge in [0.25, 0.3) is 6.71 Å². The predicted molar refractivity (Wildman–Crippen MR) is 316 cm³/mol. The van der Waals surface area contributed by atoms with Crippen LogP contribution in [-0.4, -0.2) is 13.3 Å². The molecule has 73 heavy (non-hydrogen) atoms. The van der Waals surface area contributed by atoms with E-state index < -0.39 is 0 Å². The molecule has 6 aromatic rings. The lowest BCUT2D eigenvalue weighted by molar-refractivity contribution is 0.332. The number of fused-ring (bicyclic) bond motifs is 10. The third-order valence-corrected chi connectivity index (χ3v) is 19.7. The van der Waals surface area contributed by atoms with E-state index in [0.717, 1.165) is 49.8 Å². The quantitative estimate of drug-likeness (QED) is 0.164. The van der Waals surface area contributed by atoms with Crippen LogP contribution in [0.3, 0.4) is 0 Å². The number of allylic oxidation sites excluding steroid dienone is 2. The molecule has 0 fully saturated rings. The van der Waals surface area contributed by atoms with E-state index in [1.54, 1.807) is 0 Å². The number of furan rings is 1. The van der Waals surface area contributed by atoms with Gasteiger partial charge in [-0.1, -0.05) is 159 Å². The van der Waals surface area contributed by atoms with Gasteiger partial charge in [0.15, 0.2) is 0 Å². The molecule has 4 heteroatoms. The molecule has 0 saturated carbocycles. The lowest BCUT2D eigenvalue weighted by Crippen LogP contribution is -2.62. The molecule has 0 radical (unpaired) electrons. The van der Waals surface area contributed by atoms with Crippen molar-refractivity contribution in [2.45, 2.75) is 193 Å². The number of hydrogen-bond donors (Lipinski definition) is 0. The lowest BCUT2D eigenvalue weighted by atomic mass is 9.35. The number of hydrogen-bond acceptors (Lipinski definition) is 3. The van der Waals surface area contributed by atoms with E-state index in [1.807, 2.05) is 6.08 Å². The number of rotatable bonds is 4. The van der Waals surface area contributed by atoms with Crippen LogP contribution in [0.5, 0.6) is 0 Å². The molecule has 6 aliphatic rings. The predicted octanol–water partition coefficient (Wildman–Crippen LogP) is 14.9.